The fraction of sp³-hybridized carbons (Fsp3) is 0.227. The van der Waals surface area contributed by atoms with Crippen molar-refractivity contribution in [3.63, 3.8) is 0 Å². The van der Waals surface area contributed by atoms with Crippen molar-refractivity contribution < 1.29 is 17.6 Å². The summed E-state index contributed by atoms with van der Waals surface area (Å²) < 4.78 is 41.1. The van der Waals surface area contributed by atoms with E-state index in [0.717, 1.165) is 29.1 Å². The molecule has 2 aromatic carbocycles. The molecule has 0 amide bonds. The minimum Gasteiger partial charge on any atom is -0.345 e. The van der Waals surface area contributed by atoms with Gasteiger partial charge in [-0.1, -0.05) is 29.8 Å². The van der Waals surface area contributed by atoms with Crippen LogP contribution in [0, 0.1) is 19.7 Å². The van der Waals surface area contributed by atoms with Crippen molar-refractivity contribution in [2.24, 2.45) is 7.05 Å². The Bertz CT molecular complexity index is 1200. The molecule has 0 aliphatic rings. The molecule has 152 valence electrons. The molecule has 0 saturated heterocycles. The van der Waals surface area contributed by atoms with Crippen LogP contribution in [0.2, 0.25) is 0 Å². The lowest BCUT2D eigenvalue weighted by atomic mass is 10.0. The Hall–Kier alpha value is -2.93. The highest BCUT2D eigenvalue weighted by atomic mass is 32.2. The van der Waals surface area contributed by atoms with E-state index in [2.05, 4.69) is 4.72 Å². The van der Waals surface area contributed by atoms with Crippen molar-refractivity contribution in [1.29, 1.82) is 0 Å². The third-order valence-corrected chi connectivity index (χ3v) is 5.42. The molecule has 0 unspecified atom stereocenters. The number of hydrogen-bond acceptors (Lipinski definition) is 3. The number of benzene rings is 2. The van der Waals surface area contributed by atoms with E-state index in [-0.39, 0.29) is 17.9 Å². The monoisotopic (exact) mass is 414 g/mol. The lowest BCUT2D eigenvalue weighted by Gasteiger charge is -2.11. The number of rotatable bonds is 6. The number of aromatic nitrogens is 1. The lowest BCUT2D eigenvalue weighted by Crippen LogP contribution is -2.11. The van der Waals surface area contributed by atoms with Gasteiger partial charge in [0, 0.05) is 24.7 Å². The Morgan fingerprint density at radius 3 is 2.41 bits per heavy atom. The summed E-state index contributed by atoms with van der Waals surface area (Å²) in [7, 11) is -1.69. The molecule has 1 N–H and O–H groups in total. The van der Waals surface area contributed by atoms with E-state index in [0.29, 0.717) is 16.8 Å². The van der Waals surface area contributed by atoms with E-state index in [9.17, 15) is 17.6 Å². The predicted molar refractivity (Wildman–Crippen MR) is 112 cm³/mol. The second kappa shape index (κ2) is 7.83. The number of nitrogens with one attached hydrogen (secondary N) is 1. The van der Waals surface area contributed by atoms with Crippen LogP contribution in [0.1, 0.15) is 38.4 Å². The first-order valence-corrected chi connectivity index (χ1v) is 11.0. The number of hydrogen-bond donors (Lipinski definition) is 1. The smallest absolute Gasteiger partial charge is 0.229 e. The fourth-order valence-corrected chi connectivity index (χ4v) is 3.88. The summed E-state index contributed by atoms with van der Waals surface area (Å²) in [5, 5.41) is 0. The summed E-state index contributed by atoms with van der Waals surface area (Å²) in [5.41, 5.74) is 4.55. The normalized spacial score (nSPS) is 11.5. The predicted octanol–water partition coefficient (Wildman–Crippen LogP) is 3.97. The van der Waals surface area contributed by atoms with Gasteiger partial charge in [0.25, 0.3) is 0 Å². The number of ketones is 1. The molecule has 0 fully saturated rings. The molecule has 0 aliphatic heterocycles. The van der Waals surface area contributed by atoms with Gasteiger partial charge in [-0.3, -0.25) is 9.52 Å². The van der Waals surface area contributed by atoms with Gasteiger partial charge >= 0.3 is 0 Å². The third kappa shape index (κ3) is 4.74. The summed E-state index contributed by atoms with van der Waals surface area (Å²) >= 11 is 0. The first-order chi connectivity index (χ1) is 13.5. The first-order valence-electron chi connectivity index (χ1n) is 9.08. The molecule has 0 spiro atoms. The second-order valence-corrected chi connectivity index (χ2v) is 9.02. The standard InChI is InChI=1S/C22H23FN2O3S/c1-14-5-9-19(15(2)11-14)22(26)21-10-8-18(25(21)3)12-16-6-7-17(13-20(16)23)24-29(4,27)28/h5-11,13,24H,12H2,1-4H3. The van der Waals surface area contributed by atoms with Crippen LogP contribution in [0.15, 0.2) is 48.5 Å². The zero-order valence-electron chi connectivity index (χ0n) is 16.8. The van der Waals surface area contributed by atoms with E-state index < -0.39 is 15.8 Å². The zero-order chi connectivity index (χ0) is 21.3. The molecular weight excluding hydrogens is 391 g/mol. The number of anilines is 1. The Morgan fingerprint density at radius 2 is 1.79 bits per heavy atom. The highest BCUT2D eigenvalue weighted by Crippen LogP contribution is 2.22. The molecule has 0 bridgehead atoms. The van der Waals surface area contributed by atoms with Crippen molar-refractivity contribution in [1.82, 2.24) is 4.57 Å². The van der Waals surface area contributed by atoms with Gasteiger partial charge in [0.1, 0.15) is 5.82 Å². The van der Waals surface area contributed by atoms with Gasteiger partial charge in [0.05, 0.1) is 17.6 Å². The number of carbonyl (C=O) groups is 1. The maximum atomic E-state index is 14.5. The van der Waals surface area contributed by atoms with Crippen LogP contribution < -0.4 is 4.72 Å². The van der Waals surface area contributed by atoms with Gasteiger partial charge in [-0.2, -0.15) is 0 Å². The molecule has 0 aliphatic carbocycles. The highest BCUT2D eigenvalue weighted by Gasteiger charge is 2.17. The van der Waals surface area contributed by atoms with E-state index in [1.165, 1.54) is 6.07 Å². The summed E-state index contributed by atoms with van der Waals surface area (Å²) in [6.07, 6.45) is 1.29. The summed E-state index contributed by atoms with van der Waals surface area (Å²) in [6, 6.07) is 13.5. The largest absolute Gasteiger partial charge is 0.345 e. The van der Waals surface area contributed by atoms with Gasteiger partial charge in [0.15, 0.2) is 0 Å². The molecule has 1 heterocycles. The van der Waals surface area contributed by atoms with Gasteiger partial charge in [-0.05, 0) is 49.2 Å². The van der Waals surface area contributed by atoms with Crippen LogP contribution in [0.25, 0.3) is 0 Å². The van der Waals surface area contributed by atoms with Crippen molar-refractivity contribution in [2.45, 2.75) is 20.3 Å². The topological polar surface area (TPSA) is 68.2 Å². The summed E-state index contributed by atoms with van der Waals surface area (Å²) in [6.45, 7) is 3.89. The summed E-state index contributed by atoms with van der Waals surface area (Å²) in [5.74, 6) is -0.591. The van der Waals surface area contributed by atoms with Crippen molar-refractivity contribution in [3.8, 4) is 0 Å². The molecule has 0 radical (unpaired) electrons. The average molecular weight is 415 g/mol. The van der Waals surface area contributed by atoms with Gasteiger partial charge in [-0.15, -0.1) is 0 Å². The summed E-state index contributed by atoms with van der Waals surface area (Å²) in [4.78, 5) is 12.9. The molecular formula is C22H23FN2O3S. The second-order valence-electron chi connectivity index (χ2n) is 7.27. The molecule has 1 aromatic heterocycles. The van der Waals surface area contributed by atoms with Crippen LogP contribution in [0.4, 0.5) is 10.1 Å². The third-order valence-electron chi connectivity index (χ3n) is 4.81. The molecule has 0 atom stereocenters. The van der Waals surface area contributed by atoms with Crippen LogP contribution in [0.5, 0.6) is 0 Å². The number of aryl methyl sites for hydroxylation is 2. The molecule has 29 heavy (non-hydrogen) atoms. The molecule has 7 heteroatoms. The van der Waals surface area contributed by atoms with Gasteiger partial charge in [-0.25, -0.2) is 12.8 Å². The van der Waals surface area contributed by atoms with Crippen LogP contribution in [-0.4, -0.2) is 25.0 Å². The minimum absolute atomic E-state index is 0.0792. The molecule has 3 aromatic rings. The molecule has 0 saturated carbocycles. The average Bonchev–Trinajstić information content (AvgIpc) is 2.96. The number of halogens is 1. The Balaban J connectivity index is 1.85. The maximum absolute atomic E-state index is 14.5. The van der Waals surface area contributed by atoms with Crippen molar-refractivity contribution >= 4 is 21.5 Å². The number of nitrogens with zero attached hydrogens (tertiary/aromatic N) is 1. The minimum atomic E-state index is -3.47. The Morgan fingerprint density at radius 1 is 1.07 bits per heavy atom. The van der Waals surface area contributed by atoms with Gasteiger partial charge in [0.2, 0.25) is 15.8 Å². The SMILES string of the molecule is Cc1ccc(C(=O)c2ccc(Cc3ccc(NS(C)(=O)=O)cc3F)n2C)c(C)c1. The number of carbonyl (C=O) groups excluding carboxylic acids is 1. The van der Waals surface area contributed by atoms with E-state index in [1.54, 1.807) is 29.8 Å². The Labute approximate surface area is 170 Å². The Kier molecular flexibility index (Phi) is 5.61. The highest BCUT2D eigenvalue weighted by molar-refractivity contribution is 7.92. The first kappa shape index (κ1) is 20.8. The molecule has 3 rings (SSSR count). The van der Waals surface area contributed by atoms with Crippen molar-refractivity contribution in [2.75, 3.05) is 11.0 Å². The number of sulfonamides is 1. The van der Waals surface area contributed by atoms with Crippen LogP contribution in [0.3, 0.4) is 0 Å². The molecule has 5 nitrogen and oxygen atoms in total. The van der Waals surface area contributed by atoms with Crippen molar-refractivity contribution in [3.05, 3.63) is 88.0 Å². The fourth-order valence-electron chi connectivity index (χ4n) is 3.33. The van der Waals surface area contributed by atoms with E-state index >= 15 is 0 Å². The van der Waals surface area contributed by atoms with E-state index in [4.69, 9.17) is 0 Å². The van der Waals surface area contributed by atoms with E-state index in [1.807, 2.05) is 32.0 Å². The van der Waals surface area contributed by atoms with Crippen LogP contribution in [-0.2, 0) is 23.5 Å². The quantitative estimate of drug-likeness (QED) is 0.621. The maximum Gasteiger partial charge on any atom is 0.229 e. The zero-order valence-corrected chi connectivity index (χ0v) is 17.6. The van der Waals surface area contributed by atoms with Gasteiger partial charge < -0.3 is 4.57 Å². The van der Waals surface area contributed by atoms with Crippen LogP contribution >= 0.6 is 0 Å². The lowest BCUT2D eigenvalue weighted by molar-refractivity contribution is 0.103.